The van der Waals surface area contributed by atoms with Gasteiger partial charge in [0.15, 0.2) is 5.17 Å². The van der Waals surface area contributed by atoms with E-state index in [0.29, 0.717) is 27.9 Å². The molecule has 0 radical (unpaired) electrons. The Morgan fingerprint density at radius 2 is 1.94 bits per heavy atom. The second-order valence-electron chi connectivity index (χ2n) is 8.79. The van der Waals surface area contributed by atoms with Crippen LogP contribution in [0.2, 0.25) is 0 Å². The van der Waals surface area contributed by atoms with Crippen molar-refractivity contribution in [1.82, 2.24) is 10.2 Å². The van der Waals surface area contributed by atoms with Gasteiger partial charge in [-0.3, -0.25) is 4.79 Å². The van der Waals surface area contributed by atoms with Crippen molar-refractivity contribution in [2.45, 2.75) is 45.7 Å². The normalized spacial score (nSPS) is 17.2. The van der Waals surface area contributed by atoms with Crippen molar-refractivity contribution in [1.29, 1.82) is 0 Å². The number of nitrogens with one attached hydrogen (secondary N) is 1. The first-order valence-electron chi connectivity index (χ1n) is 11.4. The standard InChI is InChI=1S/C27H28FN3O3S/c1-16(2)19-8-10-20(11-9-19)25-24(26(33)34-4)17(3)30-27-31(25)22(15-35-27)13-23(32)29-14-18-6-5-7-21(28)12-18/h5-12,15-16,25H,13-14H2,1-4H3,(H,29,32). The SMILES string of the molecule is COC(=O)C1=C(C)N=C2SC=C(CC(=O)NCc3cccc(F)c3)N2C1c1ccc(C(C)C)cc1. The largest absolute Gasteiger partial charge is 0.466 e. The van der Waals surface area contributed by atoms with Crippen LogP contribution in [0.4, 0.5) is 4.39 Å². The third-order valence-corrected chi connectivity index (χ3v) is 6.93. The average molecular weight is 494 g/mol. The number of carbonyl (C=O) groups excluding carboxylic acids is 2. The molecule has 8 heteroatoms. The first-order chi connectivity index (χ1) is 16.8. The van der Waals surface area contributed by atoms with Crippen molar-refractivity contribution in [3.05, 3.63) is 93.4 Å². The van der Waals surface area contributed by atoms with Gasteiger partial charge < -0.3 is 15.0 Å². The Kier molecular flexibility index (Phi) is 7.40. The number of ether oxygens (including phenoxy) is 1. The van der Waals surface area contributed by atoms with E-state index in [9.17, 15) is 14.0 Å². The third kappa shape index (κ3) is 5.32. The fraction of sp³-hybridized carbons (Fsp3) is 0.296. The Bertz CT molecular complexity index is 1230. The number of halogens is 1. The van der Waals surface area contributed by atoms with Crippen molar-refractivity contribution in [3.63, 3.8) is 0 Å². The van der Waals surface area contributed by atoms with Crippen molar-refractivity contribution >= 4 is 28.8 Å². The number of thioether (sulfide) groups is 1. The fourth-order valence-electron chi connectivity index (χ4n) is 4.19. The number of amides is 1. The molecule has 1 atom stereocenters. The lowest BCUT2D eigenvalue weighted by atomic mass is 9.92. The van der Waals surface area contributed by atoms with Crippen molar-refractivity contribution in [3.8, 4) is 0 Å². The zero-order valence-electron chi connectivity index (χ0n) is 20.2. The Hall–Kier alpha value is -3.39. The number of methoxy groups -OCH3 is 1. The molecule has 2 heterocycles. The molecule has 0 aromatic heterocycles. The van der Waals surface area contributed by atoms with Gasteiger partial charge >= 0.3 is 5.97 Å². The molecule has 182 valence electrons. The van der Waals surface area contributed by atoms with Gasteiger partial charge in [-0.2, -0.15) is 0 Å². The van der Waals surface area contributed by atoms with Gasteiger partial charge in [-0.25, -0.2) is 14.2 Å². The number of esters is 1. The average Bonchev–Trinajstić information content (AvgIpc) is 3.23. The van der Waals surface area contributed by atoms with Gasteiger partial charge in [0.25, 0.3) is 0 Å². The quantitative estimate of drug-likeness (QED) is 0.523. The molecule has 2 aliphatic heterocycles. The van der Waals surface area contributed by atoms with Gasteiger partial charge in [-0.1, -0.05) is 62.0 Å². The number of fused-ring (bicyclic) bond motifs is 1. The molecule has 6 nitrogen and oxygen atoms in total. The van der Waals surface area contributed by atoms with Crippen molar-refractivity contribution in [2.24, 2.45) is 4.99 Å². The highest BCUT2D eigenvalue weighted by Gasteiger charge is 2.40. The van der Waals surface area contributed by atoms with E-state index in [-0.39, 0.29) is 24.7 Å². The summed E-state index contributed by atoms with van der Waals surface area (Å²) in [6.45, 7) is 6.29. The Morgan fingerprint density at radius 1 is 1.20 bits per heavy atom. The van der Waals surface area contributed by atoms with Crippen LogP contribution in [0.25, 0.3) is 0 Å². The van der Waals surface area contributed by atoms with Crippen LogP contribution < -0.4 is 5.32 Å². The minimum absolute atomic E-state index is 0.0927. The van der Waals surface area contributed by atoms with Gasteiger partial charge in [0.2, 0.25) is 5.91 Å². The summed E-state index contributed by atoms with van der Waals surface area (Å²) in [4.78, 5) is 32.2. The van der Waals surface area contributed by atoms with Crippen LogP contribution in [0.1, 0.15) is 55.8 Å². The molecule has 0 fully saturated rings. The summed E-state index contributed by atoms with van der Waals surface area (Å²) in [5, 5.41) is 5.45. The van der Waals surface area contributed by atoms with Crippen LogP contribution in [-0.2, 0) is 20.9 Å². The van der Waals surface area contributed by atoms with Crippen molar-refractivity contribution < 1.29 is 18.7 Å². The second-order valence-corrected chi connectivity index (χ2v) is 9.63. The molecule has 1 N–H and O–H groups in total. The first-order valence-corrected chi connectivity index (χ1v) is 12.3. The van der Waals surface area contributed by atoms with Gasteiger partial charge in [0.05, 0.1) is 30.8 Å². The molecule has 2 aliphatic rings. The van der Waals surface area contributed by atoms with E-state index in [4.69, 9.17) is 4.74 Å². The number of nitrogens with zero attached hydrogens (tertiary/aromatic N) is 2. The maximum absolute atomic E-state index is 13.5. The van der Waals surface area contributed by atoms with E-state index in [1.807, 2.05) is 22.4 Å². The molecule has 1 amide bonds. The molecule has 0 spiro atoms. The van der Waals surface area contributed by atoms with Crippen LogP contribution in [0, 0.1) is 5.82 Å². The highest BCUT2D eigenvalue weighted by atomic mass is 32.2. The monoisotopic (exact) mass is 493 g/mol. The lowest BCUT2D eigenvalue weighted by Crippen LogP contribution is -2.37. The van der Waals surface area contributed by atoms with E-state index in [0.717, 1.165) is 11.3 Å². The molecule has 35 heavy (non-hydrogen) atoms. The summed E-state index contributed by atoms with van der Waals surface area (Å²) >= 11 is 1.42. The summed E-state index contributed by atoms with van der Waals surface area (Å²) in [5.41, 5.74) is 4.57. The number of benzene rings is 2. The zero-order valence-corrected chi connectivity index (χ0v) is 21.0. The molecular weight excluding hydrogens is 465 g/mol. The maximum Gasteiger partial charge on any atom is 0.338 e. The van der Waals surface area contributed by atoms with Crippen LogP contribution in [0.15, 0.2) is 75.9 Å². The van der Waals surface area contributed by atoms with Gasteiger partial charge in [0, 0.05) is 12.2 Å². The summed E-state index contributed by atoms with van der Waals surface area (Å²) in [5.74, 6) is -0.619. The Balaban J connectivity index is 1.60. The molecule has 2 aromatic carbocycles. The van der Waals surface area contributed by atoms with E-state index < -0.39 is 12.0 Å². The third-order valence-electron chi connectivity index (χ3n) is 6.05. The number of carbonyl (C=O) groups is 2. The number of hydrogen-bond donors (Lipinski definition) is 1. The molecule has 0 bridgehead atoms. The molecule has 0 saturated heterocycles. The smallest absolute Gasteiger partial charge is 0.338 e. The predicted octanol–water partition coefficient (Wildman–Crippen LogP) is 5.40. The summed E-state index contributed by atoms with van der Waals surface area (Å²) in [7, 11) is 1.36. The summed E-state index contributed by atoms with van der Waals surface area (Å²) in [6.07, 6.45) is 0.0927. The van der Waals surface area contributed by atoms with Gasteiger partial charge in [-0.05, 0) is 47.1 Å². The van der Waals surface area contributed by atoms with Crippen LogP contribution in [-0.4, -0.2) is 29.1 Å². The van der Waals surface area contributed by atoms with Crippen molar-refractivity contribution in [2.75, 3.05) is 7.11 Å². The van der Waals surface area contributed by atoms with Crippen LogP contribution in [0.5, 0.6) is 0 Å². The molecule has 2 aromatic rings. The summed E-state index contributed by atoms with van der Waals surface area (Å²) < 4.78 is 18.6. The minimum Gasteiger partial charge on any atom is -0.466 e. The van der Waals surface area contributed by atoms with E-state index in [2.05, 4.69) is 36.3 Å². The zero-order chi connectivity index (χ0) is 25.1. The van der Waals surface area contributed by atoms with Crippen LogP contribution in [0.3, 0.4) is 0 Å². The van der Waals surface area contributed by atoms with Gasteiger partial charge in [0.1, 0.15) is 5.82 Å². The Labute approximate surface area is 209 Å². The fourth-order valence-corrected chi connectivity index (χ4v) is 5.16. The van der Waals surface area contributed by atoms with Crippen LogP contribution >= 0.6 is 11.8 Å². The van der Waals surface area contributed by atoms with E-state index >= 15 is 0 Å². The van der Waals surface area contributed by atoms with E-state index in [1.165, 1.54) is 36.6 Å². The summed E-state index contributed by atoms with van der Waals surface area (Å²) in [6, 6.07) is 13.8. The molecular formula is C27H28FN3O3S. The van der Waals surface area contributed by atoms with Gasteiger partial charge in [-0.15, -0.1) is 0 Å². The number of amidine groups is 1. The number of aliphatic imine (C=N–C) groups is 1. The maximum atomic E-state index is 13.5. The number of rotatable bonds is 7. The molecule has 4 rings (SSSR count). The predicted molar refractivity (Wildman–Crippen MR) is 136 cm³/mol. The highest BCUT2D eigenvalue weighted by molar-refractivity contribution is 8.16. The Morgan fingerprint density at radius 3 is 2.60 bits per heavy atom. The molecule has 0 aliphatic carbocycles. The van der Waals surface area contributed by atoms with E-state index in [1.54, 1.807) is 19.1 Å². The molecule has 0 saturated carbocycles. The first kappa shape index (κ1) is 24.7. The number of hydrogen-bond acceptors (Lipinski definition) is 6. The number of allylic oxidation sites excluding steroid dienone is 1. The topological polar surface area (TPSA) is 71.0 Å². The minimum atomic E-state index is -0.464. The highest BCUT2D eigenvalue weighted by Crippen LogP contribution is 2.44. The molecule has 1 unspecified atom stereocenters. The second kappa shape index (κ2) is 10.5. The lowest BCUT2D eigenvalue weighted by molar-refractivity contribution is -0.136. The lowest BCUT2D eigenvalue weighted by Gasteiger charge is -2.36.